The normalized spacial score (nSPS) is 16.0. The molecular formula is C23H19FN4O4. The number of rotatable bonds is 6. The van der Waals surface area contributed by atoms with Crippen molar-refractivity contribution in [1.82, 2.24) is 14.7 Å². The quantitative estimate of drug-likeness (QED) is 0.472. The molecule has 1 unspecified atom stereocenters. The van der Waals surface area contributed by atoms with Gasteiger partial charge in [-0.1, -0.05) is 18.2 Å². The second-order valence-corrected chi connectivity index (χ2v) is 7.11. The molecule has 0 saturated carbocycles. The molecule has 0 spiro atoms. The van der Waals surface area contributed by atoms with Gasteiger partial charge in [-0.05, 0) is 43.2 Å². The standard InChI is InChI=1S/C23H19FN4O4/c24-18-7-1-2-8-19(18)32-22-17(23(30)28-10-4-3-9-20(28)27-22)12-15(13-25)21(29)26-14-16-6-5-11-31-16/h1-4,7-10,12,16H,5-6,11,14H2,(H,26,29)/b15-12+. The number of aromatic nitrogens is 2. The van der Waals surface area contributed by atoms with Gasteiger partial charge in [0.2, 0.25) is 5.88 Å². The lowest BCUT2D eigenvalue weighted by atomic mass is 10.1. The largest absolute Gasteiger partial charge is 0.435 e. The molecular weight excluding hydrogens is 415 g/mol. The smallest absolute Gasteiger partial charge is 0.269 e. The molecule has 162 valence electrons. The molecule has 0 bridgehead atoms. The number of hydrogen-bond acceptors (Lipinski definition) is 6. The first-order valence-electron chi connectivity index (χ1n) is 10.0. The third kappa shape index (κ3) is 4.50. The summed E-state index contributed by atoms with van der Waals surface area (Å²) in [4.78, 5) is 30.0. The van der Waals surface area contributed by atoms with Crippen LogP contribution in [0.3, 0.4) is 0 Å². The summed E-state index contributed by atoms with van der Waals surface area (Å²) in [5, 5.41) is 12.2. The van der Waals surface area contributed by atoms with Crippen molar-refractivity contribution in [3.63, 3.8) is 0 Å². The molecule has 1 aliphatic rings. The van der Waals surface area contributed by atoms with Gasteiger partial charge in [0.15, 0.2) is 11.6 Å². The van der Waals surface area contributed by atoms with Crippen LogP contribution in [0.5, 0.6) is 11.6 Å². The molecule has 1 fully saturated rings. The van der Waals surface area contributed by atoms with E-state index >= 15 is 0 Å². The molecule has 3 aromatic rings. The number of nitrogens with one attached hydrogen (secondary N) is 1. The molecule has 1 aromatic carbocycles. The number of benzene rings is 1. The summed E-state index contributed by atoms with van der Waals surface area (Å²) in [7, 11) is 0. The molecule has 3 heterocycles. The van der Waals surface area contributed by atoms with E-state index in [1.807, 2.05) is 0 Å². The van der Waals surface area contributed by atoms with Crippen LogP contribution in [0.25, 0.3) is 11.7 Å². The fraction of sp³-hybridized carbons (Fsp3) is 0.217. The Morgan fingerprint density at radius 2 is 2.16 bits per heavy atom. The summed E-state index contributed by atoms with van der Waals surface area (Å²) in [6, 6.07) is 12.4. The number of amides is 1. The topological polar surface area (TPSA) is 106 Å². The van der Waals surface area contributed by atoms with Crippen molar-refractivity contribution >= 4 is 17.6 Å². The van der Waals surface area contributed by atoms with Gasteiger partial charge in [-0.15, -0.1) is 0 Å². The van der Waals surface area contributed by atoms with Crippen LogP contribution >= 0.6 is 0 Å². The molecule has 1 amide bonds. The Kier molecular flexibility index (Phi) is 6.24. The van der Waals surface area contributed by atoms with Crippen LogP contribution in [0.1, 0.15) is 18.4 Å². The van der Waals surface area contributed by atoms with E-state index in [0.29, 0.717) is 6.61 Å². The highest BCUT2D eigenvalue weighted by atomic mass is 19.1. The molecule has 32 heavy (non-hydrogen) atoms. The van der Waals surface area contributed by atoms with Gasteiger partial charge in [-0.25, -0.2) is 4.39 Å². The maximum absolute atomic E-state index is 14.1. The van der Waals surface area contributed by atoms with E-state index in [4.69, 9.17) is 9.47 Å². The highest BCUT2D eigenvalue weighted by Gasteiger charge is 2.20. The number of nitriles is 1. The molecule has 1 atom stereocenters. The fourth-order valence-corrected chi connectivity index (χ4v) is 3.32. The number of carbonyl (C=O) groups excluding carboxylic acids is 1. The SMILES string of the molecule is N#C/C(=C\c1c(Oc2ccccc2F)nc2ccccn2c1=O)C(=O)NCC1CCCO1. The van der Waals surface area contributed by atoms with E-state index in [1.54, 1.807) is 30.3 Å². The zero-order valence-corrected chi connectivity index (χ0v) is 17.0. The predicted molar refractivity (Wildman–Crippen MR) is 114 cm³/mol. The minimum absolute atomic E-state index is 0.105. The van der Waals surface area contributed by atoms with Gasteiger partial charge in [0.1, 0.15) is 22.9 Å². The Morgan fingerprint density at radius 3 is 2.91 bits per heavy atom. The molecule has 2 aromatic heterocycles. The summed E-state index contributed by atoms with van der Waals surface area (Å²) >= 11 is 0. The molecule has 4 rings (SSSR count). The fourth-order valence-electron chi connectivity index (χ4n) is 3.32. The van der Waals surface area contributed by atoms with E-state index in [1.165, 1.54) is 28.8 Å². The number of fused-ring (bicyclic) bond motifs is 1. The first-order chi connectivity index (χ1) is 15.6. The Morgan fingerprint density at radius 1 is 1.34 bits per heavy atom. The lowest BCUT2D eigenvalue weighted by Crippen LogP contribution is -2.32. The molecule has 0 aliphatic carbocycles. The van der Waals surface area contributed by atoms with E-state index in [-0.39, 0.29) is 41.1 Å². The van der Waals surface area contributed by atoms with Crippen LogP contribution in [0, 0.1) is 17.1 Å². The van der Waals surface area contributed by atoms with Crippen molar-refractivity contribution in [3.05, 3.63) is 76.0 Å². The molecule has 1 N–H and O–H groups in total. The highest BCUT2D eigenvalue weighted by molar-refractivity contribution is 6.01. The van der Waals surface area contributed by atoms with Gasteiger partial charge >= 0.3 is 0 Å². The van der Waals surface area contributed by atoms with Crippen LogP contribution in [-0.2, 0) is 9.53 Å². The maximum Gasteiger partial charge on any atom is 0.269 e. The number of pyridine rings is 1. The minimum atomic E-state index is -0.655. The molecule has 9 heteroatoms. The van der Waals surface area contributed by atoms with E-state index < -0.39 is 17.3 Å². The Labute approximate surface area is 182 Å². The molecule has 8 nitrogen and oxygen atoms in total. The van der Waals surface area contributed by atoms with Gasteiger partial charge in [0.25, 0.3) is 11.5 Å². The first-order valence-corrected chi connectivity index (χ1v) is 10.0. The Hall–Kier alpha value is -4.03. The van der Waals surface area contributed by atoms with Crippen molar-refractivity contribution in [1.29, 1.82) is 5.26 Å². The van der Waals surface area contributed by atoms with Crippen molar-refractivity contribution in [3.8, 4) is 17.7 Å². The summed E-state index contributed by atoms with van der Waals surface area (Å²) < 4.78 is 26.4. The Bertz CT molecular complexity index is 1290. The monoisotopic (exact) mass is 434 g/mol. The van der Waals surface area contributed by atoms with Crippen LogP contribution in [0.15, 0.2) is 59.0 Å². The van der Waals surface area contributed by atoms with Crippen molar-refractivity contribution in [2.45, 2.75) is 18.9 Å². The van der Waals surface area contributed by atoms with Gasteiger partial charge in [-0.2, -0.15) is 10.2 Å². The lowest BCUT2D eigenvalue weighted by Gasteiger charge is -2.12. The number of nitrogens with zero attached hydrogens (tertiary/aromatic N) is 3. The summed E-state index contributed by atoms with van der Waals surface area (Å²) in [5.41, 5.74) is -0.763. The predicted octanol–water partition coefficient (Wildman–Crippen LogP) is 2.83. The summed E-state index contributed by atoms with van der Waals surface area (Å²) in [5.74, 6) is -1.66. The maximum atomic E-state index is 14.1. The average Bonchev–Trinajstić information content (AvgIpc) is 3.33. The summed E-state index contributed by atoms with van der Waals surface area (Å²) in [6.07, 6.45) is 4.24. The molecule has 1 aliphatic heterocycles. The van der Waals surface area contributed by atoms with Gasteiger partial charge < -0.3 is 14.8 Å². The van der Waals surface area contributed by atoms with E-state index in [0.717, 1.165) is 18.9 Å². The number of para-hydroxylation sites is 1. The number of halogens is 1. The zero-order valence-electron chi connectivity index (χ0n) is 17.0. The van der Waals surface area contributed by atoms with Crippen molar-refractivity contribution in [2.24, 2.45) is 0 Å². The lowest BCUT2D eigenvalue weighted by molar-refractivity contribution is -0.117. The van der Waals surface area contributed by atoms with Crippen LogP contribution in [0.4, 0.5) is 4.39 Å². The van der Waals surface area contributed by atoms with E-state index in [2.05, 4.69) is 10.3 Å². The average molecular weight is 434 g/mol. The summed E-state index contributed by atoms with van der Waals surface area (Å²) in [6.45, 7) is 0.892. The number of hydrogen-bond donors (Lipinski definition) is 1. The number of ether oxygens (including phenoxy) is 2. The van der Waals surface area contributed by atoms with Crippen LogP contribution in [-0.4, -0.2) is 34.5 Å². The number of carbonyl (C=O) groups is 1. The van der Waals surface area contributed by atoms with Crippen molar-refractivity contribution in [2.75, 3.05) is 13.2 Å². The third-order valence-corrected chi connectivity index (χ3v) is 4.95. The van der Waals surface area contributed by atoms with Crippen LogP contribution in [0.2, 0.25) is 0 Å². The Balaban J connectivity index is 1.74. The van der Waals surface area contributed by atoms with Gasteiger partial charge in [0.05, 0.1) is 6.10 Å². The second-order valence-electron chi connectivity index (χ2n) is 7.11. The first kappa shape index (κ1) is 21.2. The minimum Gasteiger partial charge on any atom is -0.435 e. The van der Waals surface area contributed by atoms with Gasteiger partial charge in [-0.3, -0.25) is 14.0 Å². The zero-order chi connectivity index (χ0) is 22.5. The van der Waals surface area contributed by atoms with Gasteiger partial charge in [0, 0.05) is 19.3 Å². The molecule has 1 saturated heterocycles. The highest BCUT2D eigenvalue weighted by Crippen LogP contribution is 2.26. The molecule has 0 radical (unpaired) electrons. The van der Waals surface area contributed by atoms with E-state index in [9.17, 15) is 19.2 Å². The second kappa shape index (κ2) is 9.41. The van der Waals surface area contributed by atoms with Crippen LogP contribution < -0.4 is 15.6 Å². The third-order valence-electron chi connectivity index (χ3n) is 4.95. The van der Waals surface area contributed by atoms with Crippen molar-refractivity contribution < 1.29 is 18.7 Å².